The van der Waals surface area contributed by atoms with Gasteiger partial charge in [-0.25, -0.2) is 19.2 Å². The predicted octanol–water partition coefficient (Wildman–Crippen LogP) is 12.7. The molecule has 0 aliphatic carbocycles. The summed E-state index contributed by atoms with van der Waals surface area (Å²) >= 11 is 23.9. The summed E-state index contributed by atoms with van der Waals surface area (Å²) in [6.07, 6.45) is 0. The van der Waals surface area contributed by atoms with Crippen molar-refractivity contribution < 1.29 is 57.9 Å². The zero-order chi connectivity index (χ0) is 57.7. The van der Waals surface area contributed by atoms with E-state index in [0.717, 1.165) is 22.3 Å². The molecule has 5 rings (SSSR count). The number of carbonyl (C=O) groups excluding carboxylic acids is 4. The number of fused-ring (bicyclic) bond motifs is 8. The maximum Gasteiger partial charge on any atom is 0.341 e. The van der Waals surface area contributed by atoms with Crippen LogP contribution in [0.2, 0.25) is 0 Å². The molecule has 1 aliphatic rings. The molecule has 0 unspecified atom stereocenters. The molecule has 1 heterocycles. The lowest BCUT2D eigenvalue weighted by atomic mass is 9.87. The molecule has 0 spiro atoms. The number of halogens is 4. The van der Waals surface area contributed by atoms with Crippen LogP contribution in [0.1, 0.15) is 105 Å². The normalized spacial score (nSPS) is 12.3. The Balaban J connectivity index is 0.00000242. The number of imide groups is 2. The van der Waals surface area contributed by atoms with Crippen molar-refractivity contribution in [3.8, 4) is 23.0 Å². The molecule has 0 fully saturated rings. The second kappa shape index (κ2) is 28.4. The fourth-order valence-corrected chi connectivity index (χ4v) is 11.4. The van der Waals surface area contributed by atoms with E-state index in [2.05, 4.69) is 0 Å². The van der Waals surface area contributed by atoms with E-state index in [1.807, 2.05) is 142 Å². The van der Waals surface area contributed by atoms with E-state index in [1.165, 1.54) is 47.0 Å². The Bertz CT molecular complexity index is 2510. The minimum atomic E-state index is -1.23. The average molecular weight is 1210 g/mol. The molecular weight excluding hydrogens is 1140 g/mol. The van der Waals surface area contributed by atoms with E-state index in [4.69, 9.17) is 76.8 Å². The first-order chi connectivity index (χ1) is 35.1. The average Bonchev–Trinajstić information content (AvgIpc) is 3.25. The molecule has 0 saturated heterocycles. The molecule has 8 N–H and O–H groups in total. The number of aliphatic carboxylic acids is 2. The molecule has 0 aromatic heterocycles. The third kappa shape index (κ3) is 20.0. The lowest BCUT2D eigenvalue weighted by molar-refractivity contribution is -0.140. The number of nitrogens with one attached hydrogen (secondary N) is 2. The first-order valence-electron chi connectivity index (χ1n) is 23.0. The van der Waals surface area contributed by atoms with Gasteiger partial charge in [0, 0.05) is 0 Å². The van der Waals surface area contributed by atoms with Crippen molar-refractivity contribution in [2.75, 3.05) is 37.1 Å². The molecule has 24 heteroatoms. The molecule has 4 aromatic rings. The van der Waals surface area contributed by atoms with Crippen molar-refractivity contribution in [2.45, 2.75) is 144 Å². The van der Waals surface area contributed by atoms with Crippen LogP contribution in [0.4, 0.5) is 9.59 Å². The van der Waals surface area contributed by atoms with E-state index in [-0.39, 0.29) is 33.7 Å². The molecule has 0 radical (unpaired) electrons. The zero-order valence-corrected chi connectivity index (χ0v) is 50.4. The van der Waals surface area contributed by atoms with Crippen LogP contribution in [-0.4, -0.2) is 83.1 Å². The van der Waals surface area contributed by atoms with Crippen LogP contribution in [0, 0.1) is 0 Å². The van der Waals surface area contributed by atoms with Gasteiger partial charge in [-0.05, 0) is 92.4 Å². The van der Waals surface area contributed by atoms with Crippen molar-refractivity contribution in [3.05, 3.63) is 70.8 Å². The number of amides is 6. The fourth-order valence-electron chi connectivity index (χ4n) is 6.58. The molecule has 1 aliphatic heterocycles. The van der Waals surface area contributed by atoms with Gasteiger partial charge in [0.2, 0.25) is 0 Å². The number of primary amides is 2. The number of benzene rings is 4. The molecule has 76 heavy (non-hydrogen) atoms. The van der Waals surface area contributed by atoms with E-state index in [1.54, 1.807) is 0 Å². The second-order valence-electron chi connectivity index (χ2n) is 20.6. The van der Waals surface area contributed by atoms with Crippen LogP contribution in [0.25, 0.3) is 0 Å². The first-order valence-corrected chi connectivity index (χ1v) is 28.4. The zero-order valence-electron chi connectivity index (χ0n) is 44.1. The van der Waals surface area contributed by atoms with Gasteiger partial charge in [0.25, 0.3) is 11.8 Å². The van der Waals surface area contributed by atoms with Gasteiger partial charge >= 0.3 is 24.0 Å². The van der Waals surface area contributed by atoms with Gasteiger partial charge in [0.05, 0.1) is 49.8 Å². The quantitative estimate of drug-likeness (QED) is 0.0635. The van der Waals surface area contributed by atoms with E-state index < -0.39 is 83.9 Å². The topological polar surface area (TPSA) is 256 Å². The Morgan fingerprint density at radius 3 is 0.724 bits per heavy atom. The van der Waals surface area contributed by atoms with Crippen LogP contribution >= 0.6 is 93.5 Å². The molecule has 6 amide bonds. The summed E-state index contributed by atoms with van der Waals surface area (Å²) in [5.74, 6) is -3.30. The van der Waals surface area contributed by atoms with Gasteiger partial charge in [0.15, 0.2) is 26.4 Å². The largest absolute Gasteiger partial charge is 0.481 e. The summed E-state index contributed by atoms with van der Waals surface area (Å²) in [4.78, 5) is 78.2. The number of carboxylic acids is 2. The number of carboxylic acid groups (broad SMARTS) is 2. The molecule has 0 atom stereocenters. The monoisotopic (exact) mass is 1200 g/mol. The van der Waals surface area contributed by atoms with Gasteiger partial charge in [-0.1, -0.05) is 130 Å². The molecule has 0 saturated carbocycles. The third-order valence-electron chi connectivity index (χ3n) is 10.3. The number of alkyl halides is 4. The van der Waals surface area contributed by atoms with Crippen LogP contribution in [0.3, 0.4) is 0 Å². The molecule has 8 bridgehead atoms. The van der Waals surface area contributed by atoms with Gasteiger partial charge < -0.3 is 40.6 Å². The van der Waals surface area contributed by atoms with Gasteiger partial charge in [0.1, 0.15) is 23.0 Å². The molecular formula is C52H64Cl4N4O12S4. The van der Waals surface area contributed by atoms with Crippen molar-refractivity contribution in [2.24, 2.45) is 11.5 Å². The summed E-state index contributed by atoms with van der Waals surface area (Å²) in [6.45, 7) is 21.6. The first kappa shape index (κ1) is 65.7. The Morgan fingerprint density at radius 2 is 0.579 bits per heavy atom. The number of hydrogen-bond donors (Lipinski definition) is 6. The maximum atomic E-state index is 13.1. The van der Waals surface area contributed by atoms with Gasteiger partial charge in [-0.3, -0.25) is 20.2 Å². The highest BCUT2D eigenvalue weighted by atomic mass is 35.5. The Morgan fingerprint density at radius 1 is 0.408 bits per heavy atom. The highest BCUT2D eigenvalue weighted by Gasteiger charge is 2.31. The number of carbonyl (C=O) groups is 6. The number of urea groups is 2. The Hall–Kier alpha value is -4.54. The fraction of sp³-hybridized carbons (Fsp3) is 0.423. The van der Waals surface area contributed by atoms with Crippen LogP contribution in [-0.2, 0) is 40.8 Å². The van der Waals surface area contributed by atoms with Gasteiger partial charge in [-0.2, -0.15) is 0 Å². The highest BCUT2D eigenvalue weighted by molar-refractivity contribution is 8.01. The second-order valence-corrected chi connectivity index (χ2v) is 26.5. The van der Waals surface area contributed by atoms with E-state index in [9.17, 15) is 39.0 Å². The summed E-state index contributed by atoms with van der Waals surface area (Å²) in [5, 5.41) is 24.6. The van der Waals surface area contributed by atoms with Crippen molar-refractivity contribution in [3.63, 3.8) is 0 Å². The van der Waals surface area contributed by atoms with Crippen molar-refractivity contribution in [1.29, 1.82) is 0 Å². The third-order valence-corrected chi connectivity index (χ3v) is 14.5. The minimum Gasteiger partial charge on any atom is -0.481 e. The Kier molecular flexibility index (Phi) is 24.5. The Labute approximate surface area is 480 Å². The van der Waals surface area contributed by atoms with Crippen LogP contribution in [0.5, 0.6) is 23.0 Å². The lowest BCUT2D eigenvalue weighted by Gasteiger charge is -2.28. The standard InChI is InChI=1S/C50H60N4O12S4.2CH2Cl2/c1-47(2,3)25-13-29-41(63-21-37(55)53-45(51)61)30(14-25)68-34-18-28(50(10,11)12)20-36(44(34)66-24-40(59)60)70-32-16-26(48(4,5)6)15-31(42(32)64-22-38(56)54-46(52)62)69-35-19-27(49(7,8)9)17-33(67-29)43(35)65-23-39(57)58;2*2-1-3/h13-20H,21-24H2,1-12H3,(H,57,58)(H,59,60)(H3,51,53,55,61)(H3,52,54,56,62);2*1H2. The lowest BCUT2D eigenvalue weighted by Crippen LogP contribution is -2.38. The predicted molar refractivity (Wildman–Crippen MR) is 303 cm³/mol. The van der Waals surface area contributed by atoms with E-state index in [0.29, 0.717) is 39.2 Å². The molecule has 4 aromatic carbocycles. The van der Waals surface area contributed by atoms with Crippen LogP contribution in [0.15, 0.2) is 87.7 Å². The molecule has 416 valence electrons. The smallest absolute Gasteiger partial charge is 0.341 e. The summed E-state index contributed by atoms with van der Waals surface area (Å²) < 4.78 is 25.3. The van der Waals surface area contributed by atoms with Crippen molar-refractivity contribution >= 4 is 129 Å². The number of nitrogens with two attached hydrogens (primary N) is 2. The van der Waals surface area contributed by atoms with Crippen molar-refractivity contribution in [1.82, 2.24) is 10.6 Å². The number of ether oxygens (including phenoxy) is 4. The van der Waals surface area contributed by atoms with E-state index >= 15 is 0 Å². The summed E-state index contributed by atoms with van der Waals surface area (Å²) in [6, 6.07) is 13.1. The van der Waals surface area contributed by atoms with Gasteiger partial charge in [-0.15, -0.1) is 46.4 Å². The van der Waals surface area contributed by atoms with Crippen LogP contribution < -0.4 is 41.0 Å². The SMILES string of the molecule is CC(C)(C)c1cc2c(OCC(=O)O)c(c1)Sc1cc(C(C)(C)C)cc(c1OCC(=O)NC(N)=O)Sc1cc(C(C)(C)C)cc(c1OCC(=O)O)Sc1cc(C(C)(C)C)cc(c1OCC(=O)NC(N)=O)S2.ClCCl.ClCCl. The maximum absolute atomic E-state index is 13.1. The summed E-state index contributed by atoms with van der Waals surface area (Å²) in [5.41, 5.74) is 12.0. The number of hydrogen-bond acceptors (Lipinski definition) is 14. The molecule has 16 nitrogen and oxygen atoms in total. The summed E-state index contributed by atoms with van der Waals surface area (Å²) in [7, 11) is 0. The highest BCUT2D eigenvalue weighted by Crippen LogP contribution is 2.56. The minimum absolute atomic E-state index is 0.194. The number of rotatable bonds is 12.